The maximum absolute atomic E-state index is 12.9. The van der Waals surface area contributed by atoms with Gasteiger partial charge in [0.25, 0.3) is 0 Å². The third-order valence-corrected chi connectivity index (χ3v) is 3.49. The normalized spacial score (nSPS) is 11.0. The molecule has 1 heterocycles. The largest absolute Gasteiger partial charge is 0.478 e. The van der Waals surface area contributed by atoms with E-state index in [0.717, 1.165) is 11.1 Å². The van der Waals surface area contributed by atoms with Gasteiger partial charge in [0.05, 0.1) is 11.3 Å². The molecule has 3 aromatic rings. The van der Waals surface area contributed by atoms with Crippen LogP contribution in [0, 0.1) is 5.82 Å². The number of carboxylic acids is 1. The summed E-state index contributed by atoms with van der Waals surface area (Å²) in [4.78, 5) is 11.5. The lowest BCUT2D eigenvalue weighted by Crippen LogP contribution is -2.05. The average Bonchev–Trinajstić information content (AvgIpc) is 3.08. The van der Waals surface area contributed by atoms with Gasteiger partial charge in [0, 0.05) is 12.4 Å². The topological polar surface area (TPSA) is 42.2 Å². The highest BCUT2D eigenvalue weighted by atomic mass is 19.1. The number of halogens is 1. The van der Waals surface area contributed by atoms with Crippen LogP contribution in [-0.4, -0.2) is 15.6 Å². The van der Waals surface area contributed by atoms with Crippen LogP contribution >= 0.6 is 0 Å². The predicted octanol–water partition coefficient (Wildman–Crippen LogP) is 4.49. The minimum Gasteiger partial charge on any atom is -0.478 e. The molecule has 3 nitrogen and oxygen atoms in total. The van der Waals surface area contributed by atoms with Crippen molar-refractivity contribution in [3.8, 4) is 5.69 Å². The zero-order valence-corrected chi connectivity index (χ0v) is 12.2. The smallest absolute Gasteiger partial charge is 0.337 e. The first kappa shape index (κ1) is 14.8. The molecule has 0 bridgehead atoms. The van der Waals surface area contributed by atoms with E-state index in [1.165, 1.54) is 12.1 Å². The Labute approximate surface area is 132 Å². The fourth-order valence-corrected chi connectivity index (χ4v) is 2.40. The Kier molecular flexibility index (Phi) is 4.06. The molecule has 4 heteroatoms. The lowest BCUT2D eigenvalue weighted by atomic mass is 10.0. The number of carbonyl (C=O) groups is 1. The van der Waals surface area contributed by atoms with Crippen molar-refractivity contribution in [1.82, 2.24) is 4.57 Å². The zero-order valence-electron chi connectivity index (χ0n) is 12.2. The van der Waals surface area contributed by atoms with Crippen molar-refractivity contribution in [2.75, 3.05) is 0 Å². The molecular weight excluding hydrogens is 293 g/mol. The van der Waals surface area contributed by atoms with Gasteiger partial charge in [0.15, 0.2) is 0 Å². The first-order chi connectivity index (χ1) is 11.1. The minimum absolute atomic E-state index is 0.224. The van der Waals surface area contributed by atoms with Crippen LogP contribution in [0.15, 0.2) is 67.0 Å². The molecule has 0 aliphatic heterocycles. The Morgan fingerprint density at radius 2 is 1.65 bits per heavy atom. The van der Waals surface area contributed by atoms with E-state index in [9.17, 15) is 14.3 Å². The predicted molar refractivity (Wildman–Crippen MR) is 88.1 cm³/mol. The third kappa shape index (κ3) is 3.21. The average molecular weight is 307 g/mol. The van der Waals surface area contributed by atoms with Crippen molar-refractivity contribution in [3.05, 3.63) is 89.5 Å². The summed E-state index contributed by atoms with van der Waals surface area (Å²) < 4.78 is 14.7. The second kappa shape index (κ2) is 6.32. The molecule has 0 aliphatic rings. The molecule has 0 fully saturated rings. The van der Waals surface area contributed by atoms with E-state index in [0.29, 0.717) is 5.69 Å². The quantitative estimate of drug-likeness (QED) is 0.722. The Balaban J connectivity index is 2.07. The van der Waals surface area contributed by atoms with Crippen LogP contribution in [0.3, 0.4) is 0 Å². The van der Waals surface area contributed by atoms with Gasteiger partial charge in [-0.25, -0.2) is 9.18 Å². The fourth-order valence-electron chi connectivity index (χ4n) is 2.40. The highest BCUT2D eigenvalue weighted by Gasteiger charge is 2.13. The lowest BCUT2D eigenvalue weighted by molar-refractivity contribution is 0.0697. The summed E-state index contributed by atoms with van der Waals surface area (Å²) in [6.07, 6.45) is 7.26. The first-order valence-corrected chi connectivity index (χ1v) is 7.08. The van der Waals surface area contributed by atoms with Crippen molar-refractivity contribution >= 4 is 18.1 Å². The molecule has 2 aromatic carbocycles. The number of benzene rings is 2. The van der Waals surface area contributed by atoms with Crippen molar-refractivity contribution in [2.45, 2.75) is 0 Å². The van der Waals surface area contributed by atoms with Crippen LogP contribution in [0.25, 0.3) is 17.8 Å². The molecule has 0 saturated carbocycles. The summed E-state index contributed by atoms with van der Waals surface area (Å²) in [5.41, 5.74) is 2.43. The van der Waals surface area contributed by atoms with E-state index in [1.807, 2.05) is 30.4 Å². The Bertz CT molecular complexity index is 850. The molecule has 1 aromatic heterocycles. The van der Waals surface area contributed by atoms with Crippen LogP contribution < -0.4 is 0 Å². The van der Waals surface area contributed by atoms with Gasteiger partial charge >= 0.3 is 5.97 Å². The minimum atomic E-state index is -0.981. The number of para-hydroxylation sites is 1. The van der Waals surface area contributed by atoms with Gasteiger partial charge in [-0.05, 0) is 41.5 Å². The van der Waals surface area contributed by atoms with E-state index < -0.39 is 5.97 Å². The van der Waals surface area contributed by atoms with Crippen molar-refractivity contribution in [3.63, 3.8) is 0 Å². The molecule has 0 radical (unpaired) electrons. The van der Waals surface area contributed by atoms with Crippen molar-refractivity contribution in [2.24, 2.45) is 0 Å². The summed E-state index contributed by atoms with van der Waals surface area (Å²) in [5, 5.41) is 9.43. The summed E-state index contributed by atoms with van der Waals surface area (Å²) in [6, 6.07) is 14.9. The number of rotatable bonds is 4. The van der Waals surface area contributed by atoms with Crippen LogP contribution in [0.5, 0.6) is 0 Å². The number of carboxylic acid groups (broad SMARTS) is 1. The van der Waals surface area contributed by atoms with Gasteiger partial charge in [-0.15, -0.1) is 0 Å². The summed E-state index contributed by atoms with van der Waals surface area (Å²) in [6.45, 7) is 0. The van der Waals surface area contributed by atoms with Crippen molar-refractivity contribution < 1.29 is 14.3 Å². The van der Waals surface area contributed by atoms with E-state index >= 15 is 0 Å². The molecule has 0 spiro atoms. The fraction of sp³-hybridized carbons (Fsp3) is 0. The van der Waals surface area contributed by atoms with E-state index in [2.05, 4.69) is 0 Å². The van der Waals surface area contributed by atoms with Crippen LogP contribution in [-0.2, 0) is 0 Å². The monoisotopic (exact) mass is 307 g/mol. The number of nitrogens with zero attached hydrogens (tertiary/aromatic N) is 1. The van der Waals surface area contributed by atoms with Gasteiger partial charge in [0.2, 0.25) is 0 Å². The van der Waals surface area contributed by atoms with Gasteiger partial charge in [-0.1, -0.05) is 36.4 Å². The number of aromatic nitrogens is 1. The van der Waals surface area contributed by atoms with Gasteiger partial charge in [-0.2, -0.15) is 0 Å². The SMILES string of the molecule is O=C(O)c1cccc(C=Cc2ccc(F)cc2)c1-n1cccc1. The van der Waals surface area contributed by atoms with Crippen molar-refractivity contribution in [1.29, 1.82) is 0 Å². The van der Waals surface area contributed by atoms with Gasteiger partial charge in [0.1, 0.15) is 5.82 Å². The molecule has 114 valence electrons. The molecular formula is C19H14FNO2. The lowest BCUT2D eigenvalue weighted by Gasteiger charge is -2.11. The highest BCUT2D eigenvalue weighted by molar-refractivity contribution is 5.94. The van der Waals surface area contributed by atoms with Crippen LogP contribution in [0.2, 0.25) is 0 Å². The van der Waals surface area contributed by atoms with Crippen LogP contribution in [0.4, 0.5) is 4.39 Å². The van der Waals surface area contributed by atoms with E-state index in [4.69, 9.17) is 0 Å². The molecule has 23 heavy (non-hydrogen) atoms. The Hall–Kier alpha value is -3.14. The molecule has 0 atom stereocenters. The Morgan fingerprint density at radius 1 is 0.957 bits per heavy atom. The van der Waals surface area contributed by atoms with Crippen LogP contribution in [0.1, 0.15) is 21.5 Å². The standard InChI is InChI=1S/C19H14FNO2/c20-16-10-7-14(8-11-16)6-9-15-4-3-5-17(19(22)23)18(15)21-12-1-2-13-21/h1-13H,(H,22,23). The van der Waals surface area contributed by atoms with Gasteiger partial charge in [-0.3, -0.25) is 0 Å². The first-order valence-electron chi connectivity index (χ1n) is 7.08. The van der Waals surface area contributed by atoms with E-state index in [-0.39, 0.29) is 11.4 Å². The molecule has 0 unspecified atom stereocenters. The number of hydrogen-bond donors (Lipinski definition) is 1. The van der Waals surface area contributed by atoms with Gasteiger partial charge < -0.3 is 9.67 Å². The molecule has 0 saturated heterocycles. The second-order valence-electron chi connectivity index (χ2n) is 5.02. The number of aromatic carboxylic acids is 1. The Morgan fingerprint density at radius 3 is 2.30 bits per heavy atom. The maximum atomic E-state index is 12.9. The third-order valence-electron chi connectivity index (χ3n) is 3.49. The zero-order chi connectivity index (χ0) is 16.2. The summed E-state index contributed by atoms with van der Waals surface area (Å²) in [7, 11) is 0. The molecule has 3 rings (SSSR count). The number of hydrogen-bond acceptors (Lipinski definition) is 1. The van der Waals surface area contributed by atoms with E-state index in [1.54, 1.807) is 41.2 Å². The maximum Gasteiger partial charge on any atom is 0.337 e. The summed E-state index contributed by atoms with van der Waals surface area (Å²) in [5.74, 6) is -1.27. The second-order valence-corrected chi connectivity index (χ2v) is 5.02. The molecule has 0 aliphatic carbocycles. The molecule has 0 amide bonds. The highest BCUT2D eigenvalue weighted by Crippen LogP contribution is 2.23. The summed E-state index contributed by atoms with van der Waals surface area (Å²) >= 11 is 0. The molecule has 1 N–H and O–H groups in total.